The van der Waals surface area contributed by atoms with Gasteiger partial charge >= 0.3 is 0 Å². The van der Waals surface area contributed by atoms with E-state index in [1.54, 1.807) is 10.4 Å². The van der Waals surface area contributed by atoms with Gasteiger partial charge in [-0.2, -0.15) is 4.31 Å². The van der Waals surface area contributed by atoms with Gasteiger partial charge in [-0.3, -0.25) is 0 Å². The van der Waals surface area contributed by atoms with Crippen LogP contribution in [0.25, 0.3) is 0 Å². The molecule has 0 bridgehead atoms. The highest BCUT2D eigenvalue weighted by Gasteiger charge is 2.32. The molecule has 1 atom stereocenters. The van der Waals surface area contributed by atoms with E-state index in [0.717, 1.165) is 34.9 Å². The molecule has 1 fully saturated rings. The number of benzene rings is 1. The van der Waals surface area contributed by atoms with Crippen LogP contribution >= 0.6 is 15.9 Å². The van der Waals surface area contributed by atoms with Crippen LogP contribution in [0.2, 0.25) is 0 Å². The number of halogens is 1. The summed E-state index contributed by atoms with van der Waals surface area (Å²) in [5, 5.41) is 0. The quantitative estimate of drug-likeness (QED) is 0.820. The van der Waals surface area contributed by atoms with Gasteiger partial charge in [0.2, 0.25) is 10.0 Å². The summed E-state index contributed by atoms with van der Waals surface area (Å²) in [7, 11) is -3.37. The summed E-state index contributed by atoms with van der Waals surface area (Å²) < 4.78 is 28.2. The molecule has 2 rings (SSSR count). The Morgan fingerprint density at radius 1 is 1.21 bits per heavy atom. The maximum absolute atomic E-state index is 12.8. The van der Waals surface area contributed by atoms with E-state index in [4.69, 9.17) is 0 Å². The van der Waals surface area contributed by atoms with Crippen molar-refractivity contribution in [3.63, 3.8) is 0 Å². The number of nitrogens with zero attached hydrogens (tertiary/aromatic N) is 1. The number of hydrogen-bond acceptors (Lipinski definition) is 2. The molecule has 0 aliphatic carbocycles. The first-order valence-electron chi connectivity index (χ1n) is 6.62. The Morgan fingerprint density at radius 2 is 1.89 bits per heavy atom. The first kappa shape index (κ1) is 15.0. The van der Waals surface area contributed by atoms with Crippen LogP contribution in [0.3, 0.4) is 0 Å². The first-order valence-corrected chi connectivity index (χ1v) is 8.86. The van der Waals surface area contributed by atoms with Crippen molar-refractivity contribution in [2.45, 2.75) is 51.0 Å². The van der Waals surface area contributed by atoms with Crippen LogP contribution in [-0.4, -0.2) is 25.3 Å². The van der Waals surface area contributed by atoms with Crippen molar-refractivity contribution < 1.29 is 8.42 Å². The lowest BCUT2D eigenvalue weighted by molar-refractivity contribution is 0.268. The van der Waals surface area contributed by atoms with Crippen LogP contribution in [0.4, 0.5) is 0 Å². The predicted molar refractivity (Wildman–Crippen MR) is 80.8 cm³/mol. The second-order valence-corrected chi connectivity index (χ2v) is 8.04. The molecule has 0 saturated carbocycles. The van der Waals surface area contributed by atoms with E-state index in [1.807, 2.05) is 26.8 Å². The van der Waals surface area contributed by atoms with E-state index < -0.39 is 10.0 Å². The smallest absolute Gasteiger partial charge is 0.207 e. The summed E-state index contributed by atoms with van der Waals surface area (Å²) in [4.78, 5) is 0.446. The molecular formula is C14H20BrNO2S. The number of hydrogen-bond donors (Lipinski definition) is 0. The molecular weight excluding hydrogens is 326 g/mol. The maximum Gasteiger partial charge on any atom is 0.243 e. The average Bonchev–Trinajstić information content (AvgIpc) is 2.34. The summed E-state index contributed by atoms with van der Waals surface area (Å²) in [5.41, 5.74) is 1.75. The van der Waals surface area contributed by atoms with E-state index in [2.05, 4.69) is 15.9 Å². The highest BCUT2D eigenvalue weighted by atomic mass is 79.9. The topological polar surface area (TPSA) is 37.4 Å². The lowest BCUT2D eigenvalue weighted by Gasteiger charge is -2.32. The lowest BCUT2D eigenvalue weighted by atomic mass is 10.1. The molecule has 0 N–H and O–H groups in total. The highest BCUT2D eigenvalue weighted by molar-refractivity contribution is 9.10. The molecule has 3 nitrogen and oxygen atoms in total. The van der Waals surface area contributed by atoms with Crippen LogP contribution < -0.4 is 0 Å². The molecule has 0 spiro atoms. The summed E-state index contributed by atoms with van der Waals surface area (Å²) in [6, 6.07) is 3.76. The molecule has 0 aromatic heterocycles. The molecule has 19 heavy (non-hydrogen) atoms. The van der Waals surface area contributed by atoms with E-state index in [9.17, 15) is 8.42 Å². The van der Waals surface area contributed by atoms with Gasteiger partial charge in [-0.1, -0.05) is 22.4 Å². The van der Waals surface area contributed by atoms with Crippen molar-refractivity contribution in [1.29, 1.82) is 0 Å². The molecule has 1 heterocycles. The maximum atomic E-state index is 12.8. The molecule has 1 aromatic carbocycles. The van der Waals surface area contributed by atoms with Crippen molar-refractivity contribution in [3.8, 4) is 0 Å². The van der Waals surface area contributed by atoms with Crippen molar-refractivity contribution in [1.82, 2.24) is 4.31 Å². The monoisotopic (exact) mass is 345 g/mol. The van der Waals surface area contributed by atoms with Crippen molar-refractivity contribution in [3.05, 3.63) is 27.7 Å². The Bertz CT molecular complexity index is 583. The zero-order chi connectivity index (χ0) is 14.2. The van der Waals surface area contributed by atoms with Crippen LogP contribution in [0.15, 0.2) is 21.5 Å². The third-order valence-electron chi connectivity index (χ3n) is 3.78. The van der Waals surface area contributed by atoms with E-state index in [0.29, 0.717) is 11.4 Å². The third-order valence-corrected chi connectivity index (χ3v) is 6.79. The van der Waals surface area contributed by atoms with Crippen molar-refractivity contribution in [2.75, 3.05) is 6.54 Å². The summed E-state index contributed by atoms with van der Waals surface area (Å²) in [5.74, 6) is 0. The molecule has 0 amide bonds. The minimum atomic E-state index is -3.37. The molecule has 1 saturated heterocycles. The van der Waals surface area contributed by atoms with Gasteiger partial charge in [-0.15, -0.1) is 0 Å². The summed E-state index contributed by atoms with van der Waals surface area (Å²) in [6.45, 7) is 6.41. The van der Waals surface area contributed by atoms with Gasteiger partial charge in [0.25, 0.3) is 0 Å². The van der Waals surface area contributed by atoms with Gasteiger partial charge in [-0.05, 0) is 56.9 Å². The Labute approximate surface area is 124 Å². The second-order valence-electron chi connectivity index (χ2n) is 5.33. The number of aryl methyl sites for hydroxylation is 2. The molecule has 0 radical (unpaired) electrons. The Balaban J connectivity index is 2.47. The third kappa shape index (κ3) is 2.88. The first-order chi connectivity index (χ1) is 8.84. The van der Waals surface area contributed by atoms with E-state index >= 15 is 0 Å². The number of sulfonamides is 1. The summed E-state index contributed by atoms with van der Waals surface area (Å²) >= 11 is 3.45. The number of rotatable bonds is 2. The largest absolute Gasteiger partial charge is 0.243 e. The molecule has 5 heteroatoms. The van der Waals surface area contributed by atoms with Gasteiger partial charge < -0.3 is 0 Å². The van der Waals surface area contributed by atoms with Gasteiger partial charge in [0, 0.05) is 17.1 Å². The summed E-state index contributed by atoms with van der Waals surface area (Å²) in [6.07, 6.45) is 3.03. The molecule has 1 aliphatic rings. The SMILES string of the molecule is Cc1cc(S(=O)(=O)N2CCCC[C@H]2C)c(C)cc1Br. The van der Waals surface area contributed by atoms with Crippen LogP contribution in [0.1, 0.15) is 37.3 Å². The molecule has 0 unspecified atom stereocenters. The van der Waals surface area contributed by atoms with Gasteiger partial charge in [-0.25, -0.2) is 8.42 Å². The minimum Gasteiger partial charge on any atom is -0.207 e. The minimum absolute atomic E-state index is 0.0992. The van der Waals surface area contributed by atoms with Crippen molar-refractivity contribution in [2.24, 2.45) is 0 Å². The Morgan fingerprint density at radius 3 is 2.53 bits per heavy atom. The molecule has 1 aromatic rings. The zero-order valence-corrected chi connectivity index (χ0v) is 14.0. The lowest BCUT2D eigenvalue weighted by Crippen LogP contribution is -2.42. The predicted octanol–water partition coefficient (Wildman–Crippen LogP) is 3.63. The van der Waals surface area contributed by atoms with Gasteiger partial charge in [0.1, 0.15) is 0 Å². The average molecular weight is 346 g/mol. The number of piperidine rings is 1. The van der Waals surface area contributed by atoms with E-state index in [1.165, 1.54) is 0 Å². The Hall–Kier alpha value is -0.390. The highest BCUT2D eigenvalue weighted by Crippen LogP contribution is 2.30. The van der Waals surface area contributed by atoms with E-state index in [-0.39, 0.29) is 6.04 Å². The van der Waals surface area contributed by atoms with Crippen molar-refractivity contribution >= 4 is 26.0 Å². The normalized spacial score (nSPS) is 21.6. The fraction of sp³-hybridized carbons (Fsp3) is 0.571. The molecule has 1 aliphatic heterocycles. The van der Waals surface area contributed by atoms with Crippen LogP contribution in [0.5, 0.6) is 0 Å². The zero-order valence-electron chi connectivity index (χ0n) is 11.6. The fourth-order valence-corrected chi connectivity index (χ4v) is 5.04. The second kappa shape index (κ2) is 5.54. The van der Waals surface area contributed by atoms with Gasteiger partial charge in [0.15, 0.2) is 0 Å². The standard InChI is InChI=1S/C14H20BrNO2S/c1-10-9-14(11(2)8-13(10)15)19(17,18)16-7-5-4-6-12(16)3/h8-9,12H,4-7H2,1-3H3/t12-/m1/s1. The van der Waals surface area contributed by atoms with Crippen LogP contribution in [-0.2, 0) is 10.0 Å². The van der Waals surface area contributed by atoms with Crippen LogP contribution in [0, 0.1) is 13.8 Å². The van der Waals surface area contributed by atoms with Gasteiger partial charge in [0.05, 0.1) is 4.90 Å². The Kier molecular flexibility index (Phi) is 4.38. The molecule has 106 valence electrons. The fourth-order valence-electron chi connectivity index (χ4n) is 2.59.